The minimum Gasteiger partial charge on any atom is -0.204 e. The van der Waals surface area contributed by atoms with E-state index in [-0.39, 0.29) is 12.0 Å². The van der Waals surface area contributed by atoms with Gasteiger partial charge in [0.25, 0.3) is 5.92 Å². The number of hydrogen-bond donors (Lipinski definition) is 0. The molecule has 1 aliphatic rings. The van der Waals surface area contributed by atoms with Crippen LogP contribution in [-0.4, -0.2) is 0 Å². The number of benzene rings is 1. The first-order valence-corrected chi connectivity index (χ1v) is 4.40. The lowest BCUT2D eigenvalue weighted by atomic mass is 10.0. The van der Waals surface area contributed by atoms with Crippen molar-refractivity contribution in [3.8, 4) is 0 Å². The second-order valence-electron chi connectivity index (χ2n) is 3.75. The summed E-state index contributed by atoms with van der Waals surface area (Å²) in [5.74, 6) is -9.57. The normalized spacial score (nSPS) is 22.9. The largest absolute Gasteiger partial charge is 0.279 e. The van der Waals surface area contributed by atoms with Crippen molar-refractivity contribution in [3.05, 3.63) is 34.6 Å². The first-order chi connectivity index (χ1) is 6.85. The SMILES string of the molecule is CC1Cc2cc(F)c(F)c(F)c2C1(F)F. The van der Waals surface area contributed by atoms with E-state index in [1.807, 2.05) is 0 Å². The highest BCUT2D eigenvalue weighted by molar-refractivity contribution is 5.39. The van der Waals surface area contributed by atoms with Crippen LogP contribution < -0.4 is 0 Å². The van der Waals surface area contributed by atoms with E-state index in [1.54, 1.807) is 0 Å². The van der Waals surface area contributed by atoms with Crippen LogP contribution in [0.1, 0.15) is 18.1 Å². The number of halogens is 5. The molecule has 0 aliphatic heterocycles. The Morgan fingerprint density at radius 3 is 2.40 bits per heavy atom. The zero-order valence-corrected chi connectivity index (χ0v) is 7.75. The molecule has 0 N–H and O–H groups in total. The molecule has 1 atom stereocenters. The fourth-order valence-electron chi connectivity index (χ4n) is 1.87. The summed E-state index contributed by atoms with van der Waals surface area (Å²) in [6, 6.07) is 0.644. The van der Waals surface area contributed by atoms with Crippen LogP contribution in [0.3, 0.4) is 0 Å². The molecule has 15 heavy (non-hydrogen) atoms. The fourth-order valence-corrected chi connectivity index (χ4v) is 1.87. The van der Waals surface area contributed by atoms with Crippen LogP contribution in [0.5, 0.6) is 0 Å². The van der Waals surface area contributed by atoms with Gasteiger partial charge in [-0.2, -0.15) is 0 Å². The molecule has 0 nitrogen and oxygen atoms in total. The van der Waals surface area contributed by atoms with E-state index in [0.29, 0.717) is 6.07 Å². The van der Waals surface area contributed by atoms with Crippen LogP contribution in [0.4, 0.5) is 22.0 Å². The third-order valence-electron chi connectivity index (χ3n) is 2.72. The predicted molar refractivity (Wildman–Crippen MR) is 43.1 cm³/mol. The van der Waals surface area contributed by atoms with E-state index in [1.165, 1.54) is 6.92 Å². The summed E-state index contributed by atoms with van der Waals surface area (Å²) in [5.41, 5.74) is -1.14. The number of alkyl halides is 2. The maximum atomic E-state index is 13.4. The Kier molecular flexibility index (Phi) is 2.03. The summed E-state index contributed by atoms with van der Waals surface area (Å²) in [6.45, 7) is 1.22. The van der Waals surface area contributed by atoms with Gasteiger partial charge in [0.05, 0.1) is 5.56 Å². The topological polar surface area (TPSA) is 0 Å². The van der Waals surface area contributed by atoms with Gasteiger partial charge in [0.15, 0.2) is 17.5 Å². The zero-order chi connectivity index (χ0) is 11.4. The lowest BCUT2D eigenvalue weighted by Gasteiger charge is -2.16. The Balaban J connectivity index is 2.72. The average Bonchev–Trinajstić information content (AvgIpc) is 2.34. The molecule has 1 aromatic rings. The van der Waals surface area contributed by atoms with Crippen molar-refractivity contribution in [3.63, 3.8) is 0 Å². The first kappa shape index (κ1) is 10.4. The van der Waals surface area contributed by atoms with Crippen molar-refractivity contribution in [2.24, 2.45) is 5.92 Å². The van der Waals surface area contributed by atoms with Crippen LogP contribution in [0, 0.1) is 23.4 Å². The van der Waals surface area contributed by atoms with E-state index < -0.39 is 34.9 Å². The predicted octanol–water partition coefficient (Wildman–Crippen LogP) is 3.39. The van der Waals surface area contributed by atoms with Gasteiger partial charge in [-0.3, -0.25) is 0 Å². The van der Waals surface area contributed by atoms with Gasteiger partial charge in [0.2, 0.25) is 0 Å². The first-order valence-electron chi connectivity index (χ1n) is 4.40. The van der Waals surface area contributed by atoms with Gasteiger partial charge >= 0.3 is 0 Å². The maximum Gasteiger partial charge on any atom is 0.279 e. The monoisotopic (exact) mass is 222 g/mol. The maximum absolute atomic E-state index is 13.4. The van der Waals surface area contributed by atoms with Crippen LogP contribution in [0.25, 0.3) is 0 Å². The van der Waals surface area contributed by atoms with Gasteiger partial charge in [-0.25, -0.2) is 22.0 Å². The van der Waals surface area contributed by atoms with E-state index in [4.69, 9.17) is 0 Å². The number of hydrogen-bond acceptors (Lipinski definition) is 0. The van der Waals surface area contributed by atoms with Gasteiger partial charge in [0, 0.05) is 5.92 Å². The molecule has 0 aromatic heterocycles. The molecule has 1 aromatic carbocycles. The summed E-state index contributed by atoms with van der Waals surface area (Å²) in [4.78, 5) is 0. The van der Waals surface area contributed by atoms with Crippen LogP contribution in [-0.2, 0) is 12.3 Å². The molecule has 0 saturated heterocycles. The van der Waals surface area contributed by atoms with Crippen molar-refractivity contribution in [1.29, 1.82) is 0 Å². The molecule has 0 radical (unpaired) electrons. The number of fused-ring (bicyclic) bond motifs is 1. The molecule has 82 valence electrons. The zero-order valence-electron chi connectivity index (χ0n) is 7.75. The minimum absolute atomic E-state index is 0.142. The summed E-state index contributed by atoms with van der Waals surface area (Å²) in [6.07, 6.45) is -0.142. The lowest BCUT2D eigenvalue weighted by molar-refractivity contribution is -0.0482. The van der Waals surface area contributed by atoms with Crippen LogP contribution >= 0.6 is 0 Å². The van der Waals surface area contributed by atoms with Crippen LogP contribution in [0.2, 0.25) is 0 Å². The fraction of sp³-hybridized carbons (Fsp3) is 0.400. The Bertz CT molecular complexity index is 424. The second-order valence-corrected chi connectivity index (χ2v) is 3.75. The van der Waals surface area contributed by atoms with Crippen molar-refractivity contribution in [1.82, 2.24) is 0 Å². The van der Waals surface area contributed by atoms with E-state index >= 15 is 0 Å². The highest BCUT2D eigenvalue weighted by atomic mass is 19.3. The van der Waals surface area contributed by atoms with E-state index in [9.17, 15) is 22.0 Å². The molecule has 0 heterocycles. The van der Waals surface area contributed by atoms with Crippen molar-refractivity contribution < 1.29 is 22.0 Å². The molecular formula is C10H7F5. The Morgan fingerprint density at radius 2 is 1.80 bits per heavy atom. The minimum atomic E-state index is -3.42. The standard InChI is InChI=1S/C10H7F5/c1-4-2-5-3-6(11)8(12)9(13)7(5)10(4,14)15/h3-4H,2H2,1H3. The average molecular weight is 222 g/mol. The molecule has 0 amide bonds. The Morgan fingerprint density at radius 1 is 1.20 bits per heavy atom. The van der Waals surface area contributed by atoms with Gasteiger partial charge in [-0.15, -0.1) is 0 Å². The summed E-state index contributed by atoms with van der Waals surface area (Å²) < 4.78 is 65.4. The molecule has 0 saturated carbocycles. The smallest absolute Gasteiger partial charge is 0.204 e. The molecule has 1 unspecified atom stereocenters. The van der Waals surface area contributed by atoms with Crippen molar-refractivity contribution in [2.45, 2.75) is 19.3 Å². The quantitative estimate of drug-likeness (QED) is 0.466. The Hall–Kier alpha value is -1.13. The molecule has 2 rings (SSSR count). The molecule has 0 spiro atoms. The molecule has 1 aliphatic carbocycles. The summed E-state index contributed by atoms with van der Waals surface area (Å²) in [5, 5.41) is 0. The van der Waals surface area contributed by atoms with Crippen LogP contribution in [0.15, 0.2) is 6.07 Å². The van der Waals surface area contributed by atoms with Gasteiger partial charge in [0.1, 0.15) is 0 Å². The van der Waals surface area contributed by atoms with E-state index in [0.717, 1.165) is 0 Å². The molecule has 0 bridgehead atoms. The highest BCUT2D eigenvalue weighted by Crippen LogP contribution is 2.47. The van der Waals surface area contributed by atoms with Crippen molar-refractivity contribution in [2.75, 3.05) is 0 Å². The third kappa shape index (κ3) is 1.25. The molecular weight excluding hydrogens is 215 g/mol. The molecule has 5 heteroatoms. The second kappa shape index (κ2) is 2.93. The number of rotatable bonds is 0. The summed E-state index contributed by atoms with van der Waals surface area (Å²) >= 11 is 0. The Labute approximate surface area is 82.7 Å². The van der Waals surface area contributed by atoms with Crippen molar-refractivity contribution >= 4 is 0 Å². The van der Waals surface area contributed by atoms with Gasteiger partial charge < -0.3 is 0 Å². The third-order valence-corrected chi connectivity index (χ3v) is 2.72. The van der Waals surface area contributed by atoms with E-state index in [2.05, 4.69) is 0 Å². The highest BCUT2D eigenvalue weighted by Gasteiger charge is 2.49. The molecule has 0 fully saturated rings. The lowest BCUT2D eigenvalue weighted by Crippen LogP contribution is -2.19. The summed E-state index contributed by atoms with van der Waals surface area (Å²) in [7, 11) is 0. The van der Waals surface area contributed by atoms with Gasteiger partial charge in [-0.1, -0.05) is 6.92 Å². The van der Waals surface area contributed by atoms with Gasteiger partial charge in [-0.05, 0) is 18.1 Å².